The summed E-state index contributed by atoms with van der Waals surface area (Å²) < 4.78 is 0. The van der Waals surface area contributed by atoms with Crippen LogP contribution < -0.4 is 16.0 Å². The van der Waals surface area contributed by atoms with E-state index >= 15 is 0 Å². The monoisotopic (exact) mass is 394 g/mol. The van der Waals surface area contributed by atoms with Crippen LogP contribution in [0.15, 0.2) is 24.3 Å². The van der Waals surface area contributed by atoms with Gasteiger partial charge < -0.3 is 10.6 Å². The third kappa shape index (κ3) is 4.77. The van der Waals surface area contributed by atoms with Gasteiger partial charge in [-0.2, -0.15) is 0 Å². The second kappa shape index (κ2) is 8.39. The Labute approximate surface area is 162 Å². The molecule has 1 aromatic carbocycles. The number of urea groups is 2. The Hall–Kier alpha value is -2.61. The minimum Gasteiger partial charge on any atom is -0.338 e. The van der Waals surface area contributed by atoms with Gasteiger partial charge in [-0.05, 0) is 25.3 Å². The Morgan fingerprint density at radius 1 is 1.26 bits per heavy atom. The number of rotatable bonds is 6. The number of carbonyl (C=O) groups excluding carboxylic acids is 4. The zero-order valence-corrected chi connectivity index (χ0v) is 16.2. The molecule has 3 N–H and O–H groups in total. The summed E-state index contributed by atoms with van der Waals surface area (Å²) in [6.45, 7) is 5.40. The van der Waals surface area contributed by atoms with Crippen molar-refractivity contribution in [3.05, 3.63) is 34.9 Å². The van der Waals surface area contributed by atoms with Crippen molar-refractivity contribution in [3.63, 3.8) is 0 Å². The van der Waals surface area contributed by atoms with Crippen molar-refractivity contribution in [2.45, 2.75) is 32.7 Å². The van der Waals surface area contributed by atoms with Crippen LogP contribution >= 0.6 is 11.6 Å². The van der Waals surface area contributed by atoms with E-state index in [9.17, 15) is 19.2 Å². The first-order valence-corrected chi connectivity index (χ1v) is 8.99. The Morgan fingerprint density at radius 2 is 1.93 bits per heavy atom. The lowest BCUT2D eigenvalue weighted by Crippen LogP contribution is -2.47. The molecule has 1 aliphatic heterocycles. The first-order valence-electron chi connectivity index (χ1n) is 8.62. The number of amides is 6. The van der Waals surface area contributed by atoms with Gasteiger partial charge in [0.2, 0.25) is 5.91 Å². The number of nitrogens with zero attached hydrogens (tertiary/aromatic N) is 1. The molecule has 1 saturated heterocycles. The zero-order valence-electron chi connectivity index (χ0n) is 15.5. The summed E-state index contributed by atoms with van der Waals surface area (Å²) in [5, 5.41) is 7.55. The van der Waals surface area contributed by atoms with Crippen molar-refractivity contribution in [1.82, 2.24) is 20.9 Å². The Kier molecular flexibility index (Phi) is 6.43. The van der Waals surface area contributed by atoms with Crippen molar-refractivity contribution in [2.75, 3.05) is 13.1 Å². The molecule has 0 aromatic heterocycles. The maximum Gasteiger partial charge on any atom is 0.325 e. The van der Waals surface area contributed by atoms with Gasteiger partial charge in [-0.1, -0.05) is 43.6 Å². The van der Waals surface area contributed by atoms with E-state index in [1.807, 2.05) is 13.8 Å². The standard InChI is InChI=1S/C18H23ClN4O4/c1-11(2)8-9-20-16(26)21-14(24)10-23-15(25)18(3,22-17(23)27)12-6-4-5-7-13(12)19/h4-7,11H,8-10H2,1-3H3,(H,22,27)(H2,20,21,24,26)/t18-/m1/s1. The average molecular weight is 395 g/mol. The lowest BCUT2D eigenvalue weighted by Gasteiger charge is -2.23. The third-order valence-corrected chi connectivity index (χ3v) is 4.58. The molecule has 1 fully saturated rings. The van der Waals surface area contributed by atoms with Gasteiger partial charge in [0, 0.05) is 17.1 Å². The van der Waals surface area contributed by atoms with Crippen molar-refractivity contribution in [1.29, 1.82) is 0 Å². The highest BCUT2D eigenvalue weighted by molar-refractivity contribution is 6.32. The Bertz CT molecular complexity index is 767. The SMILES string of the molecule is CC(C)CCNC(=O)NC(=O)CN1C(=O)N[C@](C)(c2ccccc2Cl)C1=O. The normalized spacial score (nSPS) is 19.2. The summed E-state index contributed by atoms with van der Waals surface area (Å²) in [7, 11) is 0. The molecule has 1 aliphatic rings. The third-order valence-electron chi connectivity index (χ3n) is 4.25. The fourth-order valence-electron chi connectivity index (χ4n) is 2.72. The second-order valence-corrected chi connectivity index (χ2v) is 7.32. The van der Waals surface area contributed by atoms with Gasteiger partial charge in [0.15, 0.2) is 0 Å². The number of hydrogen-bond acceptors (Lipinski definition) is 4. The number of carbonyl (C=O) groups is 4. The van der Waals surface area contributed by atoms with Crippen LogP contribution in [-0.4, -0.2) is 41.9 Å². The molecule has 146 valence electrons. The molecule has 0 unspecified atom stereocenters. The summed E-state index contributed by atoms with van der Waals surface area (Å²) in [6, 6.07) is 5.26. The van der Waals surface area contributed by atoms with E-state index in [2.05, 4.69) is 16.0 Å². The van der Waals surface area contributed by atoms with E-state index in [0.717, 1.165) is 11.3 Å². The molecule has 2 rings (SSSR count). The summed E-state index contributed by atoms with van der Waals surface area (Å²) >= 11 is 6.15. The summed E-state index contributed by atoms with van der Waals surface area (Å²) in [6.07, 6.45) is 0.769. The number of benzene rings is 1. The predicted octanol–water partition coefficient (Wildman–Crippen LogP) is 1.98. The fourth-order valence-corrected chi connectivity index (χ4v) is 3.04. The molecule has 1 aromatic rings. The van der Waals surface area contributed by atoms with Gasteiger partial charge in [0.1, 0.15) is 12.1 Å². The number of imide groups is 2. The highest BCUT2D eigenvalue weighted by atomic mass is 35.5. The fraction of sp³-hybridized carbons (Fsp3) is 0.444. The van der Waals surface area contributed by atoms with Crippen molar-refractivity contribution >= 4 is 35.5 Å². The molecule has 0 radical (unpaired) electrons. The van der Waals surface area contributed by atoms with E-state index in [1.54, 1.807) is 24.3 Å². The molecule has 6 amide bonds. The average Bonchev–Trinajstić information content (AvgIpc) is 2.79. The quantitative estimate of drug-likeness (QED) is 0.641. The Morgan fingerprint density at radius 3 is 2.56 bits per heavy atom. The zero-order chi connectivity index (χ0) is 20.2. The van der Waals surface area contributed by atoms with Crippen LogP contribution in [0.3, 0.4) is 0 Å². The smallest absolute Gasteiger partial charge is 0.325 e. The molecule has 9 heteroatoms. The number of nitrogens with one attached hydrogen (secondary N) is 3. The van der Waals surface area contributed by atoms with Crippen LogP contribution in [0.2, 0.25) is 5.02 Å². The molecule has 0 spiro atoms. The van der Waals surface area contributed by atoms with Crippen molar-refractivity contribution in [3.8, 4) is 0 Å². The minimum absolute atomic E-state index is 0.324. The lowest BCUT2D eigenvalue weighted by molar-refractivity contribution is -0.134. The van der Waals surface area contributed by atoms with Crippen molar-refractivity contribution < 1.29 is 19.2 Å². The first-order chi connectivity index (χ1) is 12.6. The molecule has 27 heavy (non-hydrogen) atoms. The highest BCUT2D eigenvalue weighted by Gasteiger charge is 2.50. The first kappa shape index (κ1) is 20.7. The van der Waals surface area contributed by atoms with Crippen LogP contribution in [0.25, 0.3) is 0 Å². The maximum atomic E-state index is 12.8. The van der Waals surface area contributed by atoms with E-state index in [1.165, 1.54) is 6.92 Å². The molecule has 1 atom stereocenters. The molecular weight excluding hydrogens is 372 g/mol. The van der Waals surface area contributed by atoms with Gasteiger partial charge in [-0.3, -0.25) is 19.8 Å². The topological polar surface area (TPSA) is 108 Å². The van der Waals surface area contributed by atoms with Gasteiger partial charge in [-0.25, -0.2) is 9.59 Å². The summed E-state index contributed by atoms with van der Waals surface area (Å²) in [5.41, 5.74) is -0.950. The van der Waals surface area contributed by atoms with Gasteiger partial charge >= 0.3 is 12.1 Å². The van der Waals surface area contributed by atoms with Crippen LogP contribution in [0, 0.1) is 5.92 Å². The largest absolute Gasteiger partial charge is 0.338 e. The molecule has 0 aliphatic carbocycles. The van der Waals surface area contributed by atoms with Crippen LogP contribution in [0.1, 0.15) is 32.8 Å². The molecule has 0 bridgehead atoms. The Balaban J connectivity index is 2.00. The minimum atomic E-state index is -1.38. The van der Waals surface area contributed by atoms with Crippen LogP contribution in [0.4, 0.5) is 9.59 Å². The van der Waals surface area contributed by atoms with E-state index in [-0.39, 0.29) is 0 Å². The number of hydrogen-bond donors (Lipinski definition) is 3. The highest BCUT2D eigenvalue weighted by Crippen LogP contribution is 2.33. The molecule has 1 heterocycles. The van der Waals surface area contributed by atoms with Gasteiger partial charge in [0.05, 0.1) is 0 Å². The molecule has 0 saturated carbocycles. The van der Waals surface area contributed by atoms with E-state index < -0.39 is 36.0 Å². The van der Waals surface area contributed by atoms with Crippen LogP contribution in [0.5, 0.6) is 0 Å². The van der Waals surface area contributed by atoms with Crippen LogP contribution in [-0.2, 0) is 15.1 Å². The van der Waals surface area contributed by atoms with E-state index in [4.69, 9.17) is 11.6 Å². The van der Waals surface area contributed by atoms with Crippen molar-refractivity contribution in [2.24, 2.45) is 5.92 Å². The van der Waals surface area contributed by atoms with E-state index in [0.29, 0.717) is 23.0 Å². The van der Waals surface area contributed by atoms with Gasteiger partial charge in [0.25, 0.3) is 5.91 Å². The lowest BCUT2D eigenvalue weighted by atomic mass is 9.92. The summed E-state index contributed by atoms with van der Waals surface area (Å²) in [5.74, 6) is -0.964. The van der Waals surface area contributed by atoms with Gasteiger partial charge in [-0.15, -0.1) is 0 Å². The number of halogens is 1. The second-order valence-electron chi connectivity index (χ2n) is 6.91. The predicted molar refractivity (Wildman–Crippen MR) is 100 cm³/mol. The molecular formula is C18H23ClN4O4. The molecule has 8 nitrogen and oxygen atoms in total. The maximum absolute atomic E-state index is 12.8. The summed E-state index contributed by atoms with van der Waals surface area (Å²) in [4.78, 5) is 49.5.